The highest BCUT2D eigenvalue weighted by Gasteiger charge is 2.04. The Morgan fingerprint density at radius 2 is 2.33 bits per heavy atom. The number of nitrogens with zero attached hydrogens (tertiary/aromatic N) is 3. The first-order valence-electron chi connectivity index (χ1n) is 3.81. The molecule has 4 heteroatoms. The van der Waals surface area contributed by atoms with Gasteiger partial charge >= 0.3 is 0 Å². The molecule has 2 rings (SSSR count). The maximum Gasteiger partial charge on any atom is 0.179 e. The molecule has 0 fully saturated rings. The second-order valence-electron chi connectivity index (χ2n) is 2.52. The van der Waals surface area contributed by atoms with Gasteiger partial charge in [0.2, 0.25) is 0 Å². The molecule has 0 unspecified atom stereocenters. The van der Waals surface area contributed by atoms with Crippen LogP contribution in [0.2, 0.25) is 5.02 Å². The fraction of sp³-hybridized carbons (Fsp3) is 0.250. The van der Waals surface area contributed by atoms with Crippen LogP contribution in [0.4, 0.5) is 0 Å². The molecule has 2 aromatic rings. The predicted molar refractivity (Wildman–Crippen MR) is 47.4 cm³/mol. The van der Waals surface area contributed by atoms with Crippen LogP contribution >= 0.6 is 11.6 Å². The summed E-state index contributed by atoms with van der Waals surface area (Å²) >= 11 is 5.90. The normalized spacial score (nSPS) is 10.8. The quantitative estimate of drug-likeness (QED) is 0.673. The maximum atomic E-state index is 5.90. The minimum atomic E-state index is 0.643. The fourth-order valence-electron chi connectivity index (χ4n) is 1.17. The monoisotopic (exact) mass is 181 g/mol. The molecular weight excluding hydrogens is 174 g/mol. The van der Waals surface area contributed by atoms with Crippen molar-refractivity contribution in [2.45, 2.75) is 13.3 Å². The average Bonchev–Trinajstić information content (AvgIpc) is 2.49. The van der Waals surface area contributed by atoms with E-state index in [2.05, 4.69) is 10.2 Å². The first kappa shape index (κ1) is 7.55. The van der Waals surface area contributed by atoms with Gasteiger partial charge in [0.25, 0.3) is 0 Å². The Morgan fingerprint density at radius 1 is 1.50 bits per heavy atom. The summed E-state index contributed by atoms with van der Waals surface area (Å²) in [6, 6.07) is 3.70. The zero-order chi connectivity index (χ0) is 8.55. The summed E-state index contributed by atoms with van der Waals surface area (Å²) in [7, 11) is 0. The lowest BCUT2D eigenvalue weighted by atomic mass is 10.4. The Balaban J connectivity index is 2.80. The SMILES string of the molecule is CCc1nnc2c(Cl)cccn12. The minimum absolute atomic E-state index is 0.643. The van der Waals surface area contributed by atoms with E-state index in [1.807, 2.05) is 29.7 Å². The Morgan fingerprint density at radius 3 is 3.08 bits per heavy atom. The number of pyridine rings is 1. The van der Waals surface area contributed by atoms with Gasteiger partial charge in [0.1, 0.15) is 5.82 Å². The number of fused-ring (bicyclic) bond motifs is 1. The Bertz CT molecular complexity index is 408. The van der Waals surface area contributed by atoms with Crippen LogP contribution in [0.5, 0.6) is 0 Å². The van der Waals surface area contributed by atoms with Crippen molar-refractivity contribution in [1.29, 1.82) is 0 Å². The number of halogens is 1. The standard InChI is InChI=1S/C8H8ClN3/c1-2-7-10-11-8-6(9)4-3-5-12(7)8/h3-5H,2H2,1H3. The first-order chi connectivity index (χ1) is 5.83. The van der Waals surface area contributed by atoms with Crippen LogP contribution in [0.3, 0.4) is 0 Å². The van der Waals surface area contributed by atoms with E-state index in [0.717, 1.165) is 17.9 Å². The van der Waals surface area contributed by atoms with Crippen LogP contribution in [0.25, 0.3) is 5.65 Å². The van der Waals surface area contributed by atoms with E-state index in [9.17, 15) is 0 Å². The van der Waals surface area contributed by atoms with Crippen molar-refractivity contribution in [1.82, 2.24) is 14.6 Å². The van der Waals surface area contributed by atoms with E-state index in [4.69, 9.17) is 11.6 Å². The summed E-state index contributed by atoms with van der Waals surface area (Å²) < 4.78 is 1.91. The van der Waals surface area contributed by atoms with E-state index < -0.39 is 0 Å². The van der Waals surface area contributed by atoms with Crippen LogP contribution in [-0.2, 0) is 6.42 Å². The van der Waals surface area contributed by atoms with Crippen molar-refractivity contribution in [2.75, 3.05) is 0 Å². The Kier molecular flexibility index (Phi) is 1.73. The highest BCUT2D eigenvalue weighted by Crippen LogP contribution is 2.15. The van der Waals surface area contributed by atoms with Crippen LogP contribution in [0, 0.1) is 0 Å². The molecule has 0 spiro atoms. The van der Waals surface area contributed by atoms with Crippen molar-refractivity contribution in [3.63, 3.8) is 0 Å². The summed E-state index contributed by atoms with van der Waals surface area (Å²) in [4.78, 5) is 0. The predicted octanol–water partition coefficient (Wildman–Crippen LogP) is 1.95. The largest absolute Gasteiger partial charge is 0.285 e. The lowest BCUT2D eigenvalue weighted by Crippen LogP contribution is -1.91. The van der Waals surface area contributed by atoms with Crippen molar-refractivity contribution in [2.24, 2.45) is 0 Å². The molecule has 12 heavy (non-hydrogen) atoms. The molecule has 2 aromatic heterocycles. The molecule has 0 amide bonds. The van der Waals surface area contributed by atoms with E-state index in [1.54, 1.807) is 0 Å². The molecule has 0 radical (unpaired) electrons. The number of aromatic nitrogens is 3. The number of rotatable bonds is 1. The molecule has 62 valence electrons. The van der Waals surface area contributed by atoms with Crippen LogP contribution < -0.4 is 0 Å². The molecule has 3 nitrogen and oxygen atoms in total. The van der Waals surface area contributed by atoms with Gasteiger partial charge in [-0.05, 0) is 12.1 Å². The average molecular weight is 182 g/mol. The van der Waals surface area contributed by atoms with Crippen molar-refractivity contribution < 1.29 is 0 Å². The van der Waals surface area contributed by atoms with Crippen molar-refractivity contribution in [3.05, 3.63) is 29.2 Å². The maximum absolute atomic E-state index is 5.90. The van der Waals surface area contributed by atoms with Gasteiger partial charge in [-0.25, -0.2) is 0 Å². The van der Waals surface area contributed by atoms with Gasteiger partial charge in [-0.15, -0.1) is 10.2 Å². The fourth-order valence-corrected chi connectivity index (χ4v) is 1.37. The third-order valence-electron chi connectivity index (χ3n) is 1.77. The molecule has 0 saturated carbocycles. The van der Waals surface area contributed by atoms with Gasteiger partial charge in [-0.2, -0.15) is 0 Å². The van der Waals surface area contributed by atoms with Crippen LogP contribution in [0.15, 0.2) is 18.3 Å². The lowest BCUT2D eigenvalue weighted by Gasteiger charge is -1.95. The number of hydrogen-bond acceptors (Lipinski definition) is 2. The van der Waals surface area contributed by atoms with Gasteiger partial charge in [-0.3, -0.25) is 4.40 Å². The molecule has 0 aromatic carbocycles. The Hall–Kier alpha value is -1.09. The van der Waals surface area contributed by atoms with Gasteiger partial charge < -0.3 is 0 Å². The van der Waals surface area contributed by atoms with E-state index in [-0.39, 0.29) is 0 Å². The molecule has 0 aliphatic rings. The molecule has 0 saturated heterocycles. The second-order valence-corrected chi connectivity index (χ2v) is 2.93. The first-order valence-corrected chi connectivity index (χ1v) is 4.19. The van der Waals surface area contributed by atoms with E-state index in [1.165, 1.54) is 0 Å². The molecular formula is C8H8ClN3. The molecule has 0 atom stereocenters. The summed E-state index contributed by atoms with van der Waals surface area (Å²) in [5.41, 5.74) is 0.732. The summed E-state index contributed by atoms with van der Waals surface area (Å²) in [6.45, 7) is 2.04. The van der Waals surface area contributed by atoms with Crippen LogP contribution in [-0.4, -0.2) is 14.6 Å². The highest BCUT2D eigenvalue weighted by atomic mass is 35.5. The molecule has 2 heterocycles. The number of hydrogen-bond donors (Lipinski definition) is 0. The number of aryl methyl sites for hydroxylation is 1. The minimum Gasteiger partial charge on any atom is -0.285 e. The van der Waals surface area contributed by atoms with Gasteiger partial charge in [0, 0.05) is 12.6 Å². The van der Waals surface area contributed by atoms with Crippen LogP contribution in [0.1, 0.15) is 12.7 Å². The zero-order valence-electron chi connectivity index (χ0n) is 6.66. The lowest BCUT2D eigenvalue weighted by molar-refractivity contribution is 0.909. The third kappa shape index (κ3) is 0.975. The van der Waals surface area contributed by atoms with Gasteiger partial charge in [0.05, 0.1) is 5.02 Å². The van der Waals surface area contributed by atoms with Gasteiger partial charge in [-0.1, -0.05) is 18.5 Å². The zero-order valence-corrected chi connectivity index (χ0v) is 7.41. The third-order valence-corrected chi connectivity index (χ3v) is 2.07. The van der Waals surface area contributed by atoms with Gasteiger partial charge in [0.15, 0.2) is 5.65 Å². The molecule has 0 bridgehead atoms. The summed E-state index contributed by atoms with van der Waals surface area (Å²) in [5, 5.41) is 8.62. The molecule has 0 aliphatic heterocycles. The van der Waals surface area contributed by atoms with Crippen molar-refractivity contribution in [3.8, 4) is 0 Å². The Labute approximate surface area is 75.0 Å². The summed E-state index contributed by atoms with van der Waals surface area (Å²) in [6.07, 6.45) is 2.78. The topological polar surface area (TPSA) is 30.2 Å². The highest BCUT2D eigenvalue weighted by molar-refractivity contribution is 6.33. The van der Waals surface area contributed by atoms with Crippen molar-refractivity contribution >= 4 is 17.2 Å². The van der Waals surface area contributed by atoms with E-state index >= 15 is 0 Å². The smallest absolute Gasteiger partial charge is 0.179 e. The molecule has 0 aliphatic carbocycles. The van der Waals surface area contributed by atoms with E-state index in [0.29, 0.717) is 5.02 Å². The molecule has 0 N–H and O–H groups in total. The second kappa shape index (κ2) is 2.75. The summed E-state index contributed by atoms with van der Waals surface area (Å²) in [5.74, 6) is 0.938.